The summed E-state index contributed by atoms with van der Waals surface area (Å²) in [5.41, 5.74) is -1.85. The van der Waals surface area contributed by atoms with Crippen LogP contribution in [0.2, 0.25) is 0 Å². The minimum absolute atomic E-state index is 0.278. The molecule has 0 spiro atoms. The lowest BCUT2D eigenvalue weighted by Crippen LogP contribution is -2.27. The minimum Gasteiger partial charge on any atom is -0.505 e. The van der Waals surface area contributed by atoms with Crippen molar-refractivity contribution in [3.8, 4) is 17.0 Å². The second kappa shape index (κ2) is 6.54. The Bertz CT molecular complexity index is 836. The second-order valence-corrected chi connectivity index (χ2v) is 6.21. The molecule has 8 heteroatoms. The topological polar surface area (TPSA) is 77.8 Å². The maximum Gasteiger partial charge on any atom is 0.419 e. The number of carbonyl (C=O) groups excluding carboxylic acids is 2. The third-order valence-corrected chi connectivity index (χ3v) is 3.16. The number of aromatic nitrogens is 1. The zero-order valence-corrected chi connectivity index (χ0v) is 14.1. The normalized spacial score (nSPS) is 11.3. The Morgan fingerprint density at radius 3 is 2.36 bits per heavy atom. The van der Waals surface area contributed by atoms with Crippen LogP contribution < -0.4 is 0 Å². The zero-order chi connectivity index (χ0) is 18.9. The van der Waals surface area contributed by atoms with E-state index >= 15 is 0 Å². The summed E-state index contributed by atoms with van der Waals surface area (Å²) in [4.78, 5) is 24.2. The van der Waals surface area contributed by atoms with Gasteiger partial charge in [0.1, 0.15) is 28.5 Å². The van der Waals surface area contributed by atoms with Crippen LogP contribution in [0.1, 0.15) is 31.1 Å². The first-order chi connectivity index (χ1) is 11.5. The molecule has 1 heterocycles. The van der Waals surface area contributed by atoms with Crippen LogP contribution >= 0.6 is 0 Å². The van der Waals surface area contributed by atoms with Gasteiger partial charge in [-0.1, -0.05) is 0 Å². The zero-order valence-electron chi connectivity index (χ0n) is 14.1. The smallest absolute Gasteiger partial charge is 0.419 e. The molecule has 0 aliphatic rings. The van der Waals surface area contributed by atoms with Crippen molar-refractivity contribution in [1.29, 1.82) is 0 Å². The molecule has 0 bridgehead atoms. The van der Waals surface area contributed by atoms with Crippen LogP contribution in [0.4, 0.5) is 13.6 Å². The lowest BCUT2D eigenvalue weighted by atomic mass is 10.1. The summed E-state index contributed by atoms with van der Waals surface area (Å²) in [5, 5.41) is 10.3. The molecule has 25 heavy (non-hydrogen) atoms. The molecule has 0 aliphatic carbocycles. The number of nitrogens with zero attached hydrogens (tertiary/aromatic N) is 1. The fourth-order valence-corrected chi connectivity index (χ4v) is 2.15. The van der Waals surface area contributed by atoms with Gasteiger partial charge in [-0.2, -0.15) is 0 Å². The van der Waals surface area contributed by atoms with Gasteiger partial charge in [0.15, 0.2) is 5.75 Å². The van der Waals surface area contributed by atoms with Crippen molar-refractivity contribution in [2.24, 2.45) is 0 Å². The highest BCUT2D eigenvalue weighted by molar-refractivity contribution is 5.97. The number of esters is 1. The summed E-state index contributed by atoms with van der Waals surface area (Å²) in [7, 11) is 1.09. The minimum atomic E-state index is -1.02. The summed E-state index contributed by atoms with van der Waals surface area (Å²) in [5.74, 6) is -3.45. The Morgan fingerprint density at radius 2 is 1.84 bits per heavy atom. The summed E-state index contributed by atoms with van der Waals surface area (Å²) >= 11 is 0. The molecule has 6 nitrogen and oxygen atoms in total. The quantitative estimate of drug-likeness (QED) is 0.833. The summed E-state index contributed by atoms with van der Waals surface area (Å²) < 4.78 is 37.8. The Hall–Kier alpha value is -2.90. The van der Waals surface area contributed by atoms with Gasteiger partial charge in [-0.05, 0) is 32.9 Å². The molecule has 0 saturated heterocycles. The predicted molar refractivity (Wildman–Crippen MR) is 84.4 cm³/mol. The van der Waals surface area contributed by atoms with Crippen molar-refractivity contribution in [3.05, 3.63) is 41.6 Å². The second-order valence-electron chi connectivity index (χ2n) is 6.21. The summed E-state index contributed by atoms with van der Waals surface area (Å²) in [6.45, 7) is 4.86. The average molecular weight is 353 g/mol. The van der Waals surface area contributed by atoms with Crippen LogP contribution in [-0.2, 0) is 9.47 Å². The fourth-order valence-electron chi connectivity index (χ4n) is 2.15. The van der Waals surface area contributed by atoms with Gasteiger partial charge >= 0.3 is 12.1 Å². The molecule has 134 valence electrons. The van der Waals surface area contributed by atoms with E-state index in [1.54, 1.807) is 20.8 Å². The highest BCUT2D eigenvalue weighted by Gasteiger charge is 2.29. The molecule has 0 saturated carbocycles. The molecule has 0 fully saturated rings. The predicted octanol–water partition coefficient (Wildman–Crippen LogP) is 3.71. The van der Waals surface area contributed by atoms with Crippen molar-refractivity contribution < 1.29 is 33.0 Å². The van der Waals surface area contributed by atoms with Gasteiger partial charge in [0, 0.05) is 17.8 Å². The van der Waals surface area contributed by atoms with E-state index < -0.39 is 35.0 Å². The van der Waals surface area contributed by atoms with E-state index in [0.29, 0.717) is 6.07 Å². The first kappa shape index (κ1) is 18.4. The highest BCUT2D eigenvalue weighted by atomic mass is 19.1. The molecule has 1 aromatic heterocycles. The molecular weight excluding hydrogens is 336 g/mol. The molecule has 1 aromatic carbocycles. The number of hydrogen-bond donors (Lipinski definition) is 1. The van der Waals surface area contributed by atoms with Crippen molar-refractivity contribution in [3.63, 3.8) is 0 Å². The van der Waals surface area contributed by atoms with E-state index in [9.17, 15) is 23.5 Å². The van der Waals surface area contributed by atoms with Crippen molar-refractivity contribution >= 4 is 12.1 Å². The molecular formula is C17H17F2NO5. The first-order valence-corrected chi connectivity index (χ1v) is 7.26. The van der Waals surface area contributed by atoms with Gasteiger partial charge in [-0.25, -0.2) is 22.9 Å². The molecule has 0 radical (unpaired) electrons. The molecule has 0 unspecified atom stereocenters. The molecule has 2 rings (SSSR count). The fraction of sp³-hybridized carbons (Fsp3) is 0.294. The number of ether oxygens (including phenoxy) is 2. The lowest BCUT2D eigenvalue weighted by Gasteiger charge is -2.20. The third kappa shape index (κ3) is 3.78. The lowest BCUT2D eigenvalue weighted by molar-refractivity contribution is 0.0539. The van der Waals surface area contributed by atoms with Gasteiger partial charge in [0.05, 0.1) is 7.11 Å². The van der Waals surface area contributed by atoms with Crippen LogP contribution in [-0.4, -0.2) is 34.4 Å². The molecule has 1 N–H and O–H groups in total. The van der Waals surface area contributed by atoms with Crippen LogP contribution in [0.5, 0.6) is 5.75 Å². The number of aromatic hydroxyl groups is 1. The number of halogens is 2. The van der Waals surface area contributed by atoms with Crippen LogP contribution in [0.3, 0.4) is 0 Å². The van der Waals surface area contributed by atoms with E-state index in [0.717, 1.165) is 30.0 Å². The van der Waals surface area contributed by atoms with Crippen molar-refractivity contribution in [2.75, 3.05) is 7.11 Å². The van der Waals surface area contributed by atoms with Crippen LogP contribution in [0.25, 0.3) is 11.3 Å². The largest absolute Gasteiger partial charge is 0.505 e. The Kier molecular flexibility index (Phi) is 4.82. The van der Waals surface area contributed by atoms with Crippen LogP contribution in [0.15, 0.2) is 24.4 Å². The number of carbonyl (C=O) groups is 2. The first-order valence-electron chi connectivity index (χ1n) is 7.26. The monoisotopic (exact) mass is 353 g/mol. The molecule has 2 aromatic rings. The van der Waals surface area contributed by atoms with E-state index in [-0.39, 0.29) is 16.8 Å². The number of benzene rings is 1. The van der Waals surface area contributed by atoms with E-state index in [4.69, 9.17) is 4.74 Å². The van der Waals surface area contributed by atoms with Gasteiger partial charge < -0.3 is 14.6 Å². The highest BCUT2D eigenvalue weighted by Crippen LogP contribution is 2.36. The maximum absolute atomic E-state index is 14.2. The van der Waals surface area contributed by atoms with E-state index in [1.807, 2.05) is 0 Å². The van der Waals surface area contributed by atoms with Crippen molar-refractivity contribution in [1.82, 2.24) is 4.57 Å². The molecule has 0 amide bonds. The SMILES string of the molecule is COC(=O)c1cn(C(=O)OC(C)(C)C)c(-c2ccc(F)cc2F)c1O. The van der Waals surface area contributed by atoms with Gasteiger partial charge in [0.2, 0.25) is 0 Å². The van der Waals surface area contributed by atoms with E-state index in [2.05, 4.69) is 4.74 Å². The maximum atomic E-state index is 14.2. The third-order valence-electron chi connectivity index (χ3n) is 3.16. The van der Waals surface area contributed by atoms with E-state index in [1.165, 1.54) is 0 Å². The Labute approximate surface area is 142 Å². The Morgan fingerprint density at radius 1 is 1.20 bits per heavy atom. The summed E-state index contributed by atoms with van der Waals surface area (Å²) in [6, 6.07) is 2.60. The number of hydrogen-bond acceptors (Lipinski definition) is 5. The number of rotatable bonds is 2. The number of methoxy groups -OCH3 is 1. The summed E-state index contributed by atoms with van der Waals surface area (Å²) in [6.07, 6.45) is 0.0320. The van der Waals surface area contributed by atoms with Gasteiger partial charge in [0.25, 0.3) is 0 Å². The van der Waals surface area contributed by atoms with Gasteiger partial charge in [-0.3, -0.25) is 0 Å². The standard InChI is InChI=1S/C17H17F2NO5/c1-17(2,3)25-16(23)20-8-11(15(22)24-4)14(21)13(20)10-6-5-9(18)7-12(10)19/h5-8,21H,1-4H3. The Balaban J connectivity index is 2.69. The van der Waals surface area contributed by atoms with Crippen LogP contribution in [0, 0.1) is 11.6 Å². The van der Waals surface area contributed by atoms with Gasteiger partial charge in [-0.15, -0.1) is 0 Å². The molecule has 0 aliphatic heterocycles. The average Bonchev–Trinajstić information content (AvgIpc) is 2.82. The molecule has 0 atom stereocenters. The van der Waals surface area contributed by atoms with Crippen molar-refractivity contribution in [2.45, 2.75) is 26.4 Å².